The molecule has 0 spiro atoms. The number of benzene rings is 1. The van der Waals surface area contributed by atoms with Gasteiger partial charge in [0.05, 0.1) is 7.11 Å². The molecule has 5 nitrogen and oxygen atoms in total. The number of nitrogens with one attached hydrogen (secondary N) is 1. The number of hydrogen-bond acceptors (Lipinski definition) is 3. The van der Waals surface area contributed by atoms with Gasteiger partial charge >= 0.3 is 6.03 Å². The minimum atomic E-state index is -0.357. The van der Waals surface area contributed by atoms with Crippen LogP contribution in [-0.4, -0.2) is 20.2 Å². The Labute approximate surface area is 95.2 Å². The Kier molecular flexibility index (Phi) is 3.73. The van der Waals surface area contributed by atoms with Crippen LogP contribution in [0.1, 0.15) is 11.1 Å². The van der Waals surface area contributed by atoms with Gasteiger partial charge in [0.25, 0.3) is 0 Å². The fourth-order valence-corrected chi connectivity index (χ4v) is 1.66. The Morgan fingerprint density at radius 1 is 1.38 bits per heavy atom. The fourth-order valence-electron chi connectivity index (χ4n) is 1.66. The number of carbonyl (C=O) groups excluding carboxylic acids is 1. The lowest BCUT2D eigenvalue weighted by atomic mass is 10.1. The lowest BCUT2D eigenvalue weighted by molar-refractivity contribution is 0.247. The molecule has 16 heavy (non-hydrogen) atoms. The van der Waals surface area contributed by atoms with Crippen LogP contribution in [0.15, 0.2) is 12.1 Å². The van der Waals surface area contributed by atoms with E-state index < -0.39 is 0 Å². The van der Waals surface area contributed by atoms with Gasteiger partial charge in [-0.05, 0) is 37.1 Å². The van der Waals surface area contributed by atoms with Crippen molar-refractivity contribution in [2.45, 2.75) is 13.8 Å². The van der Waals surface area contributed by atoms with Crippen LogP contribution in [0.4, 0.5) is 10.5 Å². The highest BCUT2D eigenvalue weighted by molar-refractivity contribution is 5.91. The Morgan fingerprint density at radius 3 is 2.25 bits per heavy atom. The molecule has 0 unspecified atom stereocenters. The zero-order valence-corrected chi connectivity index (χ0v) is 10.00. The van der Waals surface area contributed by atoms with Crippen LogP contribution < -0.4 is 20.9 Å². The molecular formula is C11H17N3O2. The number of aryl methyl sites for hydroxylation is 2. The summed E-state index contributed by atoms with van der Waals surface area (Å²) >= 11 is 0. The molecule has 0 bridgehead atoms. The van der Waals surface area contributed by atoms with E-state index in [1.807, 2.05) is 26.0 Å². The fraction of sp³-hybridized carbons (Fsp3) is 0.364. The summed E-state index contributed by atoms with van der Waals surface area (Å²) in [5.41, 5.74) is 4.82. The van der Waals surface area contributed by atoms with Crippen molar-refractivity contribution in [3.05, 3.63) is 23.3 Å². The number of ether oxygens (including phenoxy) is 1. The smallest absolute Gasteiger partial charge is 0.335 e. The maximum Gasteiger partial charge on any atom is 0.335 e. The van der Waals surface area contributed by atoms with Crippen molar-refractivity contribution in [3.8, 4) is 5.75 Å². The minimum absolute atomic E-state index is 0.357. The maximum absolute atomic E-state index is 11.3. The second kappa shape index (κ2) is 4.85. The van der Waals surface area contributed by atoms with Crippen LogP contribution in [0, 0.1) is 13.8 Å². The van der Waals surface area contributed by atoms with Gasteiger partial charge in [0.2, 0.25) is 0 Å². The molecule has 0 saturated heterocycles. The molecule has 0 aliphatic heterocycles. The van der Waals surface area contributed by atoms with Crippen molar-refractivity contribution >= 4 is 11.7 Å². The lowest BCUT2D eigenvalue weighted by Crippen LogP contribution is -2.41. The lowest BCUT2D eigenvalue weighted by Gasteiger charge is -2.19. The molecular weight excluding hydrogens is 206 g/mol. The van der Waals surface area contributed by atoms with Crippen molar-refractivity contribution in [1.29, 1.82) is 0 Å². The molecule has 0 atom stereocenters. The quantitative estimate of drug-likeness (QED) is 0.451. The summed E-state index contributed by atoms with van der Waals surface area (Å²) in [6.45, 7) is 3.87. The molecule has 0 fully saturated rings. The van der Waals surface area contributed by atoms with Gasteiger partial charge in [0, 0.05) is 12.7 Å². The summed E-state index contributed by atoms with van der Waals surface area (Å²) in [6.07, 6.45) is 0. The number of rotatable bonds is 2. The normalized spacial score (nSPS) is 9.81. The second-order valence-electron chi connectivity index (χ2n) is 3.62. The number of amides is 2. The first kappa shape index (κ1) is 12.3. The van der Waals surface area contributed by atoms with Crippen LogP contribution in [0.2, 0.25) is 0 Å². The van der Waals surface area contributed by atoms with Gasteiger partial charge in [0.1, 0.15) is 5.75 Å². The topological polar surface area (TPSA) is 67.6 Å². The van der Waals surface area contributed by atoms with E-state index >= 15 is 0 Å². The van der Waals surface area contributed by atoms with E-state index in [1.54, 1.807) is 14.2 Å². The van der Waals surface area contributed by atoms with Gasteiger partial charge in [-0.15, -0.1) is 0 Å². The number of nitrogens with two attached hydrogens (primary N) is 1. The average Bonchev–Trinajstić information content (AvgIpc) is 2.26. The molecule has 88 valence electrons. The standard InChI is InChI=1S/C11H17N3O2/c1-7-5-9(14(3)11(15)13-12)6-8(2)10(7)16-4/h5-6H,12H2,1-4H3,(H,13,15). The van der Waals surface area contributed by atoms with Crippen LogP contribution in [0.5, 0.6) is 5.75 Å². The average molecular weight is 223 g/mol. The molecule has 1 rings (SSSR count). The summed E-state index contributed by atoms with van der Waals surface area (Å²) < 4.78 is 5.25. The van der Waals surface area contributed by atoms with Crippen molar-refractivity contribution in [3.63, 3.8) is 0 Å². The summed E-state index contributed by atoms with van der Waals surface area (Å²) in [7, 11) is 3.29. The summed E-state index contributed by atoms with van der Waals surface area (Å²) in [5, 5.41) is 0. The van der Waals surface area contributed by atoms with Gasteiger partial charge < -0.3 is 4.74 Å². The third-order valence-corrected chi connectivity index (χ3v) is 2.46. The number of hydrazine groups is 1. The van der Waals surface area contributed by atoms with Gasteiger partial charge in [-0.2, -0.15) is 0 Å². The van der Waals surface area contributed by atoms with Crippen molar-refractivity contribution in [2.24, 2.45) is 5.84 Å². The summed E-state index contributed by atoms with van der Waals surface area (Å²) in [4.78, 5) is 12.8. The van der Waals surface area contributed by atoms with Crippen molar-refractivity contribution in [2.75, 3.05) is 19.1 Å². The number of carbonyl (C=O) groups is 1. The van der Waals surface area contributed by atoms with Crippen LogP contribution in [0.3, 0.4) is 0 Å². The van der Waals surface area contributed by atoms with Gasteiger partial charge in [0.15, 0.2) is 0 Å². The Bertz CT molecular complexity index is 381. The molecule has 0 aliphatic carbocycles. The number of methoxy groups -OCH3 is 1. The molecule has 3 N–H and O–H groups in total. The number of hydrogen-bond donors (Lipinski definition) is 2. The van der Waals surface area contributed by atoms with E-state index in [1.165, 1.54) is 4.90 Å². The molecule has 1 aromatic rings. The van der Waals surface area contributed by atoms with Gasteiger partial charge in [-0.3, -0.25) is 10.3 Å². The van der Waals surface area contributed by atoms with Crippen LogP contribution in [0.25, 0.3) is 0 Å². The van der Waals surface area contributed by atoms with Crippen LogP contribution in [-0.2, 0) is 0 Å². The highest BCUT2D eigenvalue weighted by Crippen LogP contribution is 2.28. The molecule has 1 aromatic carbocycles. The van der Waals surface area contributed by atoms with E-state index in [2.05, 4.69) is 5.43 Å². The number of urea groups is 1. The largest absolute Gasteiger partial charge is 0.496 e. The van der Waals surface area contributed by atoms with E-state index in [-0.39, 0.29) is 6.03 Å². The van der Waals surface area contributed by atoms with E-state index in [0.717, 1.165) is 22.6 Å². The first-order valence-electron chi connectivity index (χ1n) is 4.90. The summed E-state index contributed by atoms with van der Waals surface area (Å²) in [5.74, 6) is 5.91. The summed E-state index contributed by atoms with van der Waals surface area (Å²) in [6, 6.07) is 3.39. The first-order chi connectivity index (χ1) is 7.51. The highest BCUT2D eigenvalue weighted by atomic mass is 16.5. The number of nitrogens with zero attached hydrogens (tertiary/aromatic N) is 1. The predicted molar refractivity (Wildman–Crippen MR) is 63.6 cm³/mol. The van der Waals surface area contributed by atoms with Gasteiger partial charge in [-0.25, -0.2) is 10.6 Å². The third-order valence-electron chi connectivity index (χ3n) is 2.46. The second-order valence-corrected chi connectivity index (χ2v) is 3.62. The Balaban J connectivity index is 3.13. The predicted octanol–water partition coefficient (Wildman–Crippen LogP) is 1.33. The molecule has 0 aliphatic rings. The molecule has 0 radical (unpaired) electrons. The molecule has 0 saturated carbocycles. The monoisotopic (exact) mass is 223 g/mol. The molecule has 5 heteroatoms. The molecule has 2 amide bonds. The molecule has 0 aromatic heterocycles. The van der Waals surface area contributed by atoms with Crippen molar-refractivity contribution < 1.29 is 9.53 Å². The molecule has 0 heterocycles. The maximum atomic E-state index is 11.3. The van der Waals surface area contributed by atoms with Crippen LogP contribution >= 0.6 is 0 Å². The first-order valence-corrected chi connectivity index (χ1v) is 4.90. The van der Waals surface area contributed by atoms with Gasteiger partial charge in [-0.1, -0.05) is 0 Å². The SMILES string of the molecule is COc1c(C)cc(N(C)C(=O)NN)cc1C. The third kappa shape index (κ3) is 2.25. The van der Waals surface area contributed by atoms with E-state index in [4.69, 9.17) is 10.6 Å². The zero-order valence-electron chi connectivity index (χ0n) is 10.00. The minimum Gasteiger partial charge on any atom is -0.496 e. The Morgan fingerprint density at radius 2 is 1.88 bits per heavy atom. The van der Waals surface area contributed by atoms with E-state index in [9.17, 15) is 4.79 Å². The highest BCUT2D eigenvalue weighted by Gasteiger charge is 2.12. The zero-order chi connectivity index (χ0) is 12.3. The van der Waals surface area contributed by atoms with Crippen molar-refractivity contribution in [1.82, 2.24) is 5.43 Å². The number of anilines is 1. The van der Waals surface area contributed by atoms with E-state index in [0.29, 0.717) is 0 Å². The Hall–Kier alpha value is -1.75.